The summed E-state index contributed by atoms with van der Waals surface area (Å²) in [6.45, 7) is 0.961. The van der Waals surface area contributed by atoms with Crippen molar-refractivity contribution in [3.05, 3.63) is 65.9 Å². The van der Waals surface area contributed by atoms with Crippen molar-refractivity contribution in [2.75, 3.05) is 31.7 Å². The SMILES string of the molecule is O=C1C=C(Nc2ccc(-c3ccc(C4OCCO4)cc3)cc2)C(=O)N1CCO. The summed E-state index contributed by atoms with van der Waals surface area (Å²) in [7, 11) is 0. The maximum Gasteiger partial charge on any atom is 0.277 e. The minimum atomic E-state index is -0.435. The first-order valence-corrected chi connectivity index (χ1v) is 9.05. The number of ether oxygens (including phenoxy) is 2. The number of carbonyl (C=O) groups is 2. The lowest BCUT2D eigenvalue weighted by Gasteiger charge is -2.13. The smallest absolute Gasteiger partial charge is 0.277 e. The zero-order valence-corrected chi connectivity index (χ0v) is 15.1. The Morgan fingerprint density at radius 2 is 1.57 bits per heavy atom. The molecule has 2 heterocycles. The van der Waals surface area contributed by atoms with Crippen LogP contribution < -0.4 is 5.32 Å². The minimum absolute atomic E-state index is 0.00871. The Morgan fingerprint density at radius 3 is 2.18 bits per heavy atom. The molecule has 1 saturated heterocycles. The Hall–Kier alpha value is -3.00. The summed E-state index contributed by atoms with van der Waals surface area (Å²) in [4.78, 5) is 25.0. The standard InChI is InChI=1S/C21H20N2O5/c24-10-9-23-19(25)13-18(20(23)26)22-17-7-5-15(6-8-17)14-1-3-16(4-2-14)21-27-11-12-28-21/h1-8,13,21-22,24H,9-12H2. The Labute approximate surface area is 162 Å². The van der Waals surface area contributed by atoms with E-state index in [-0.39, 0.29) is 25.1 Å². The molecule has 1 fully saturated rings. The lowest BCUT2D eigenvalue weighted by Crippen LogP contribution is -2.34. The van der Waals surface area contributed by atoms with Gasteiger partial charge in [0.05, 0.1) is 26.4 Å². The van der Waals surface area contributed by atoms with Crippen LogP contribution in [-0.2, 0) is 19.1 Å². The number of nitrogens with one attached hydrogen (secondary N) is 1. The fourth-order valence-corrected chi connectivity index (χ4v) is 3.19. The minimum Gasteiger partial charge on any atom is -0.395 e. The molecular weight excluding hydrogens is 360 g/mol. The van der Waals surface area contributed by atoms with E-state index in [0.717, 1.165) is 21.6 Å². The van der Waals surface area contributed by atoms with Crippen LogP contribution in [0, 0.1) is 0 Å². The second-order valence-electron chi connectivity index (χ2n) is 6.47. The molecule has 0 atom stereocenters. The normalized spacial score (nSPS) is 17.3. The zero-order chi connectivity index (χ0) is 19.5. The predicted molar refractivity (Wildman–Crippen MR) is 102 cm³/mol. The van der Waals surface area contributed by atoms with Crippen LogP contribution in [0.1, 0.15) is 11.9 Å². The summed E-state index contributed by atoms with van der Waals surface area (Å²) in [5.41, 5.74) is 3.96. The highest BCUT2D eigenvalue weighted by Crippen LogP contribution is 2.27. The Kier molecular flexibility index (Phi) is 5.21. The van der Waals surface area contributed by atoms with Gasteiger partial charge in [0.25, 0.3) is 11.8 Å². The molecule has 0 radical (unpaired) electrons. The van der Waals surface area contributed by atoms with E-state index in [2.05, 4.69) is 5.32 Å². The summed E-state index contributed by atoms with van der Waals surface area (Å²) >= 11 is 0. The quantitative estimate of drug-likeness (QED) is 0.746. The van der Waals surface area contributed by atoms with Crippen molar-refractivity contribution < 1.29 is 24.2 Å². The number of β-amino-alcohol motifs (C(OH)–C–C–N with tert-alkyl or cyclic N) is 1. The van der Waals surface area contributed by atoms with Crippen molar-refractivity contribution in [3.63, 3.8) is 0 Å². The van der Waals surface area contributed by atoms with E-state index in [9.17, 15) is 9.59 Å². The van der Waals surface area contributed by atoms with E-state index in [1.54, 1.807) is 0 Å². The van der Waals surface area contributed by atoms with Crippen LogP contribution in [0.5, 0.6) is 0 Å². The molecule has 2 amide bonds. The molecule has 28 heavy (non-hydrogen) atoms. The average Bonchev–Trinajstić information content (AvgIpc) is 3.34. The van der Waals surface area contributed by atoms with Crippen molar-refractivity contribution in [1.29, 1.82) is 0 Å². The van der Waals surface area contributed by atoms with Gasteiger partial charge in [-0.1, -0.05) is 36.4 Å². The van der Waals surface area contributed by atoms with E-state index in [0.29, 0.717) is 18.9 Å². The van der Waals surface area contributed by atoms with Gasteiger partial charge in [0, 0.05) is 17.3 Å². The third-order valence-corrected chi connectivity index (χ3v) is 4.63. The van der Waals surface area contributed by atoms with Crippen molar-refractivity contribution in [2.24, 2.45) is 0 Å². The molecule has 2 aliphatic rings. The first kappa shape index (κ1) is 18.4. The third kappa shape index (κ3) is 3.68. The van der Waals surface area contributed by atoms with Gasteiger partial charge < -0.3 is 19.9 Å². The predicted octanol–water partition coefficient (Wildman–Crippen LogP) is 2.06. The van der Waals surface area contributed by atoms with Crippen LogP contribution in [0.3, 0.4) is 0 Å². The number of anilines is 1. The summed E-state index contributed by atoms with van der Waals surface area (Å²) in [6, 6.07) is 15.6. The summed E-state index contributed by atoms with van der Waals surface area (Å²) in [5.74, 6) is -0.858. The maximum atomic E-state index is 12.2. The number of nitrogens with zero attached hydrogens (tertiary/aromatic N) is 1. The van der Waals surface area contributed by atoms with E-state index < -0.39 is 11.8 Å². The molecule has 7 heteroatoms. The van der Waals surface area contributed by atoms with Gasteiger partial charge in [0.1, 0.15) is 5.70 Å². The zero-order valence-electron chi connectivity index (χ0n) is 15.1. The molecule has 7 nitrogen and oxygen atoms in total. The molecule has 0 bridgehead atoms. The number of aliphatic hydroxyl groups excluding tert-OH is 1. The number of carbonyl (C=O) groups excluding carboxylic acids is 2. The van der Waals surface area contributed by atoms with Crippen LogP contribution in [-0.4, -0.2) is 48.2 Å². The molecule has 2 aromatic carbocycles. The van der Waals surface area contributed by atoms with Gasteiger partial charge >= 0.3 is 0 Å². The van der Waals surface area contributed by atoms with Crippen LogP contribution in [0.2, 0.25) is 0 Å². The Balaban J connectivity index is 1.43. The molecule has 0 aromatic heterocycles. The fraction of sp³-hybridized carbons (Fsp3) is 0.238. The van der Waals surface area contributed by atoms with Gasteiger partial charge in [-0.25, -0.2) is 0 Å². The topological polar surface area (TPSA) is 88.1 Å². The van der Waals surface area contributed by atoms with Crippen molar-refractivity contribution in [2.45, 2.75) is 6.29 Å². The van der Waals surface area contributed by atoms with Gasteiger partial charge in [-0.2, -0.15) is 0 Å². The molecular formula is C21H20N2O5. The molecule has 0 spiro atoms. The van der Waals surface area contributed by atoms with Crippen LogP contribution in [0.25, 0.3) is 11.1 Å². The molecule has 4 rings (SSSR count). The number of amides is 2. The fourth-order valence-electron chi connectivity index (χ4n) is 3.19. The summed E-state index contributed by atoms with van der Waals surface area (Å²) < 4.78 is 11.0. The largest absolute Gasteiger partial charge is 0.395 e. The van der Waals surface area contributed by atoms with Crippen molar-refractivity contribution in [3.8, 4) is 11.1 Å². The molecule has 2 aliphatic heterocycles. The van der Waals surface area contributed by atoms with E-state index in [1.807, 2.05) is 48.5 Å². The number of imide groups is 1. The van der Waals surface area contributed by atoms with Crippen LogP contribution in [0.15, 0.2) is 60.3 Å². The van der Waals surface area contributed by atoms with Crippen molar-refractivity contribution in [1.82, 2.24) is 4.90 Å². The molecule has 144 valence electrons. The lowest BCUT2D eigenvalue weighted by atomic mass is 10.0. The lowest BCUT2D eigenvalue weighted by molar-refractivity contribution is -0.137. The van der Waals surface area contributed by atoms with E-state index >= 15 is 0 Å². The highest BCUT2D eigenvalue weighted by Gasteiger charge is 2.30. The molecule has 0 aliphatic carbocycles. The molecule has 0 unspecified atom stereocenters. The first-order chi connectivity index (χ1) is 13.7. The Morgan fingerprint density at radius 1 is 0.964 bits per heavy atom. The number of aliphatic hydroxyl groups is 1. The van der Waals surface area contributed by atoms with Gasteiger partial charge in [-0.15, -0.1) is 0 Å². The van der Waals surface area contributed by atoms with Gasteiger partial charge in [0.2, 0.25) is 0 Å². The molecule has 2 aromatic rings. The van der Waals surface area contributed by atoms with Crippen LogP contribution >= 0.6 is 0 Å². The van der Waals surface area contributed by atoms with E-state index in [4.69, 9.17) is 14.6 Å². The number of hydrogen-bond donors (Lipinski definition) is 2. The number of benzene rings is 2. The summed E-state index contributed by atoms with van der Waals surface area (Å²) in [5, 5.41) is 11.9. The highest BCUT2D eigenvalue weighted by molar-refractivity contribution is 6.17. The van der Waals surface area contributed by atoms with Crippen LogP contribution in [0.4, 0.5) is 5.69 Å². The van der Waals surface area contributed by atoms with Crippen molar-refractivity contribution >= 4 is 17.5 Å². The average molecular weight is 380 g/mol. The highest BCUT2D eigenvalue weighted by atomic mass is 16.7. The third-order valence-electron chi connectivity index (χ3n) is 4.63. The first-order valence-electron chi connectivity index (χ1n) is 9.05. The molecule has 2 N–H and O–H groups in total. The number of hydrogen-bond acceptors (Lipinski definition) is 6. The second-order valence-corrected chi connectivity index (χ2v) is 6.47. The van der Waals surface area contributed by atoms with E-state index in [1.165, 1.54) is 6.08 Å². The maximum absolute atomic E-state index is 12.2. The van der Waals surface area contributed by atoms with Gasteiger partial charge in [0.15, 0.2) is 6.29 Å². The monoisotopic (exact) mass is 380 g/mol. The van der Waals surface area contributed by atoms with Gasteiger partial charge in [-0.3, -0.25) is 14.5 Å². The van der Waals surface area contributed by atoms with Gasteiger partial charge in [-0.05, 0) is 23.3 Å². The number of rotatable bonds is 6. The molecule has 0 saturated carbocycles. The second kappa shape index (κ2) is 7.93. The Bertz CT molecular complexity index is 899. The summed E-state index contributed by atoms with van der Waals surface area (Å²) in [6.07, 6.45) is 0.962.